The van der Waals surface area contributed by atoms with Crippen LogP contribution in [-0.4, -0.2) is 30.5 Å². The average molecular weight is 379 g/mol. The van der Waals surface area contributed by atoms with Gasteiger partial charge in [0.25, 0.3) is 11.6 Å². The van der Waals surface area contributed by atoms with Crippen LogP contribution in [0.2, 0.25) is 5.02 Å². The number of methoxy groups -OCH3 is 1. The summed E-state index contributed by atoms with van der Waals surface area (Å²) < 4.78 is 9.94. The van der Waals surface area contributed by atoms with E-state index in [-0.39, 0.29) is 16.4 Å². The normalized spacial score (nSPS) is 10.2. The van der Waals surface area contributed by atoms with Gasteiger partial charge in [0, 0.05) is 19.2 Å². The van der Waals surface area contributed by atoms with E-state index < -0.39 is 23.4 Å². The van der Waals surface area contributed by atoms with E-state index in [1.807, 2.05) is 0 Å². The maximum atomic E-state index is 12.0. The largest absolute Gasteiger partial charge is 0.452 e. The molecule has 1 amide bonds. The Labute approximate surface area is 153 Å². The summed E-state index contributed by atoms with van der Waals surface area (Å²) in [6.45, 7) is -0.180. The quantitative estimate of drug-likeness (QED) is 0.450. The first-order valence-corrected chi connectivity index (χ1v) is 7.77. The number of ether oxygens (including phenoxy) is 2. The van der Waals surface area contributed by atoms with Gasteiger partial charge in [-0.1, -0.05) is 23.7 Å². The minimum atomic E-state index is -0.659. The molecule has 8 nitrogen and oxygen atoms in total. The van der Waals surface area contributed by atoms with Crippen LogP contribution in [0.25, 0.3) is 0 Å². The van der Waals surface area contributed by atoms with Gasteiger partial charge >= 0.3 is 5.97 Å². The number of non-ortho nitro benzene ring substituents is 1. The second-order valence-corrected chi connectivity index (χ2v) is 5.59. The molecule has 26 heavy (non-hydrogen) atoms. The van der Waals surface area contributed by atoms with Gasteiger partial charge in [0.15, 0.2) is 6.61 Å². The Morgan fingerprint density at radius 3 is 2.65 bits per heavy atom. The van der Waals surface area contributed by atoms with Crippen LogP contribution in [0, 0.1) is 10.1 Å². The van der Waals surface area contributed by atoms with Crippen LogP contribution < -0.4 is 5.32 Å². The molecule has 0 fully saturated rings. The van der Waals surface area contributed by atoms with Crippen LogP contribution in [0.15, 0.2) is 42.5 Å². The highest BCUT2D eigenvalue weighted by atomic mass is 35.5. The Balaban J connectivity index is 1.93. The zero-order valence-corrected chi connectivity index (χ0v) is 14.5. The number of halogens is 1. The summed E-state index contributed by atoms with van der Waals surface area (Å²) in [6.07, 6.45) is 0. The number of nitrogens with zero attached hydrogens (tertiary/aromatic N) is 1. The van der Waals surface area contributed by atoms with E-state index in [4.69, 9.17) is 21.1 Å². The predicted molar refractivity (Wildman–Crippen MR) is 94.2 cm³/mol. The summed E-state index contributed by atoms with van der Waals surface area (Å²) in [6, 6.07) is 10.3. The molecule has 9 heteroatoms. The number of amides is 1. The van der Waals surface area contributed by atoms with Crippen molar-refractivity contribution < 1.29 is 24.0 Å². The number of nitro groups is 1. The van der Waals surface area contributed by atoms with Gasteiger partial charge in [-0.25, -0.2) is 4.79 Å². The number of anilines is 1. The fourth-order valence-electron chi connectivity index (χ4n) is 2.07. The summed E-state index contributed by atoms with van der Waals surface area (Å²) in [7, 11) is 1.54. The molecule has 1 N–H and O–H groups in total. The second-order valence-electron chi connectivity index (χ2n) is 5.18. The van der Waals surface area contributed by atoms with Crippen LogP contribution in [0.1, 0.15) is 15.9 Å². The number of benzene rings is 2. The molecule has 0 saturated heterocycles. The van der Waals surface area contributed by atoms with Crippen molar-refractivity contribution in [1.82, 2.24) is 0 Å². The van der Waals surface area contributed by atoms with Crippen molar-refractivity contribution >= 4 is 34.9 Å². The second kappa shape index (κ2) is 8.93. The third-order valence-corrected chi connectivity index (χ3v) is 3.56. The van der Waals surface area contributed by atoms with E-state index in [1.54, 1.807) is 31.4 Å². The Kier molecular flexibility index (Phi) is 6.65. The van der Waals surface area contributed by atoms with Crippen molar-refractivity contribution in [2.75, 3.05) is 19.0 Å². The third kappa shape index (κ3) is 5.27. The minimum Gasteiger partial charge on any atom is -0.452 e. The molecular weight excluding hydrogens is 364 g/mol. The summed E-state index contributed by atoms with van der Waals surface area (Å²) in [5.41, 5.74) is 1.07. The number of nitro benzene ring substituents is 1. The highest BCUT2D eigenvalue weighted by Gasteiger charge is 2.14. The minimum absolute atomic E-state index is 0.00569. The number of carbonyl (C=O) groups is 2. The topological polar surface area (TPSA) is 108 Å². The van der Waals surface area contributed by atoms with Crippen LogP contribution in [0.5, 0.6) is 0 Å². The zero-order valence-electron chi connectivity index (χ0n) is 13.7. The van der Waals surface area contributed by atoms with Crippen LogP contribution >= 0.6 is 11.6 Å². The highest BCUT2D eigenvalue weighted by Crippen LogP contribution is 2.26. The summed E-state index contributed by atoms with van der Waals surface area (Å²) in [4.78, 5) is 33.9. The molecule has 2 rings (SSSR count). The van der Waals surface area contributed by atoms with E-state index in [9.17, 15) is 19.7 Å². The number of hydrogen-bond acceptors (Lipinski definition) is 6. The van der Waals surface area contributed by atoms with Crippen molar-refractivity contribution in [3.05, 3.63) is 68.7 Å². The summed E-state index contributed by atoms with van der Waals surface area (Å²) >= 11 is 5.88. The molecule has 2 aromatic rings. The van der Waals surface area contributed by atoms with Crippen LogP contribution in [0.4, 0.5) is 11.4 Å². The lowest BCUT2D eigenvalue weighted by Gasteiger charge is -2.08. The number of esters is 1. The molecule has 0 saturated carbocycles. The molecule has 0 spiro atoms. The fraction of sp³-hybridized carbons (Fsp3) is 0.176. The van der Waals surface area contributed by atoms with Crippen molar-refractivity contribution in [3.8, 4) is 0 Å². The molecular formula is C17H15ClN2O6. The van der Waals surface area contributed by atoms with Gasteiger partial charge < -0.3 is 14.8 Å². The molecule has 0 aromatic heterocycles. The van der Waals surface area contributed by atoms with Gasteiger partial charge in [-0.3, -0.25) is 14.9 Å². The zero-order chi connectivity index (χ0) is 19.1. The third-order valence-electron chi connectivity index (χ3n) is 3.25. The van der Waals surface area contributed by atoms with E-state index in [2.05, 4.69) is 5.32 Å². The van der Waals surface area contributed by atoms with Crippen molar-refractivity contribution in [2.45, 2.75) is 6.61 Å². The maximum absolute atomic E-state index is 12.0. The first-order valence-electron chi connectivity index (χ1n) is 7.39. The smallest absolute Gasteiger partial charge is 0.338 e. The molecule has 136 valence electrons. The summed E-state index contributed by atoms with van der Waals surface area (Å²) in [5, 5.41) is 13.1. The van der Waals surface area contributed by atoms with Crippen LogP contribution in [-0.2, 0) is 20.9 Å². The SMILES string of the molecule is COCc1cccc(C(=O)OCC(=O)Nc2ccc([N+](=O)[O-])cc2Cl)c1. The lowest BCUT2D eigenvalue weighted by molar-refractivity contribution is -0.384. The lowest BCUT2D eigenvalue weighted by Crippen LogP contribution is -2.21. The van der Waals surface area contributed by atoms with Gasteiger partial charge in [0.05, 0.1) is 27.8 Å². The fourth-order valence-corrected chi connectivity index (χ4v) is 2.30. The highest BCUT2D eigenvalue weighted by molar-refractivity contribution is 6.34. The van der Waals surface area contributed by atoms with Crippen LogP contribution in [0.3, 0.4) is 0 Å². The maximum Gasteiger partial charge on any atom is 0.338 e. The molecule has 0 atom stereocenters. The van der Waals surface area contributed by atoms with E-state index >= 15 is 0 Å². The lowest BCUT2D eigenvalue weighted by atomic mass is 10.1. The number of carbonyl (C=O) groups excluding carboxylic acids is 2. The molecule has 2 aromatic carbocycles. The first-order chi connectivity index (χ1) is 12.4. The van der Waals surface area contributed by atoms with Gasteiger partial charge in [0.1, 0.15) is 0 Å². The number of hydrogen-bond donors (Lipinski definition) is 1. The van der Waals surface area contributed by atoms with Gasteiger partial charge in [0.2, 0.25) is 0 Å². The Hall–Kier alpha value is -2.97. The van der Waals surface area contributed by atoms with Gasteiger partial charge in [-0.05, 0) is 23.8 Å². The van der Waals surface area contributed by atoms with Crippen molar-refractivity contribution in [3.63, 3.8) is 0 Å². The molecule has 0 aliphatic heterocycles. The van der Waals surface area contributed by atoms with Gasteiger partial charge in [-0.15, -0.1) is 0 Å². The monoisotopic (exact) mass is 378 g/mol. The number of rotatable bonds is 7. The standard InChI is InChI=1S/C17H15ClN2O6/c1-25-9-11-3-2-4-12(7-11)17(22)26-10-16(21)19-15-6-5-13(20(23)24)8-14(15)18/h2-8H,9-10H2,1H3,(H,19,21). The Bertz CT molecular complexity index is 840. The van der Waals surface area contributed by atoms with Crippen molar-refractivity contribution in [2.24, 2.45) is 0 Å². The van der Waals surface area contributed by atoms with Gasteiger partial charge in [-0.2, -0.15) is 0 Å². The van der Waals surface area contributed by atoms with E-state index in [0.29, 0.717) is 12.2 Å². The molecule has 0 heterocycles. The molecule has 0 bridgehead atoms. The molecule has 0 unspecified atom stereocenters. The Morgan fingerprint density at radius 1 is 1.23 bits per heavy atom. The number of nitrogens with one attached hydrogen (secondary N) is 1. The first kappa shape index (κ1) is 19.4. The van der Waals surface area contributed by atoms with Crippen molar-refractivity contribution in [1.29, 1.82) is 0 Å². The average Bonchev–Trinajstić information content (AvgIpc) is 2.61. The molecule has 0 aliphatic carbocycles. The van der Waals surface area contributed by atoms with E-state index in [1.165, 1.54) is 12.1 Å². The van der Waals surface area contributed by atoms with E-state index in [0.717, 1.165) is 11.6 Å². The molecule has 0 aliphatic rings. The Morgan fingerprint density at radius 2 is 2.00 bits per heavy atom. The molecule has 0 radical (unpaired) electrons. The summed E-state index contributed by atoms with van der Waals surface area (Å²) in [5.74, 6) is -1.28. The predicted octanol–water partition coefficient (Wildman–Crippen LogP) is 3.19.